The molecule has 0 saturated heterocycles. The summed E-state index contributed by atoms with van der Waals surface area (Å²) < 4.78 is 39.0. The molecule has 1 amide bonds. The maximum atomic E-state index is 14.5. The van der Waals surface area contributed by atoms with E-state index in [4.69, 9.17) is 21.1 Å². The van der Waals surface area contributed by atoms with Gasteiger partial charge >= 0.3 is 5.97 Å². The fourth-order valence-electron chi connectivity index (χ4n) is 5.76. The van der Waals surface area contributed by atoms with Gasteiger partial charge in [-0.2, -0.15) is 0 Å². The second-order valence-electron chi connectivity index (χ2n) is 8.47. The van der Waals surface area contributed by atoms with Crippen LogP contribution in [0.15, 0.2) is 12.1 Å². The maximum Gasteiger partial charge on any atom is 0.311 e. The molecule has 0 aromatic heterocycles. The van der Waals surface area contributed by atoms with Gasteiger partial charge in [-0.25, -0.2) is 8.60 Å². The van der Waals surface area contributed by atoms with Crippen molar-refractivity contribution in [3.8, 4) is 5.75 Å². The van der Waals surface area contributed by atoms with Gasteiger partial charge in [-0.15, -0.1) is 0 Å². The molecular formula is C20H23ClFNO5S. The lowest BCUT2D eigenvalue weighted by molar-refractivity contribution is -0.179. The molecule has 4 aliphatic carbocycles. The van der Waals surface area contributed by atoms with E-state index in [1.54, 1.807) is 0 Å². The predicted molar refractivity (Wildman–Crippen MR) is 105 cm³/mol. The van der Waals surface area contributed by atoms with Crippen molar-refractivity contribution < 1.29 is 27.7 Å². The summed E-state index contributed by atoms with van der Waals surface area (Å²) in [5, 5.41) is 0.120. The van der Waals surface area contributed by atoms with E-state index in [1.807, 2.05) is 0 Å². The fraction of sp³-hybridized carbons (Fsp3) is 0.600. The highest BCUT2D eigenvalue weighted by atomic mass is 35.5. The number of halogens is 2. The number of esters is 1. The molecule has 4 fully saturated rings. The van der Waals surface area contributed by atoms with E-state index in [0.29, 0.717) is 18.8 Å². The molecule has 0 heterocycles. The van der Waals surface area contributed by atoms with Crippen molar-refractivity contribution in [2.75, 3.05) is 13.4 Å². The van der Waals surface area contributed by atoms with E-state index in [2.05, 4.69) is 4.72 Å². The Bertz CT molecular complexity index is 878. The van der Waals surface area contributed by atoms with Gasteiger partial charge in [0.15, 0.2) is 0 Å². The number of nitrogens with one attached hydrogen (secondary N) is 1. The Morgan fingerprint density at radius 1 is 1.24 bits per heavy atom. The average molecular weight is 444 g/mol. The van der Waals surface area contributed by atoms with Crippen LogP contribution >= 0.6 is 11.6 Å². The molecule has 9 heteroatoms. The Morgan fingerprint density at radius 3 is 2.48 bits per heavy atom. The monoisotopic (exact) mass is 443 g/mol. The van der Waals surface area contributed by atoms with Gasteiger partial charge in [-0.1, -0.05) is 11.6 Å². The molecule has 158 valence electrons. The summed E-state index contributed by atoms with van der Waals surface area (Å²) in [6, 6.07) is 2.30. The number of benzene rings is 1. The van der Waals surface area contributed by atoms with Crippen molar-refractivity contribution in [1.29, 1.82) is 0 Å². The summed E-state index contributed by atoms with van der Waals surface area (Å²) in [6.07, 6.45) is 5.37. The zero-order valence-electron chi connectivity index (χ0n) is 16.2. The number of carbonyl (C=O) groups is 2. The first kappa shape index (κ1) is 20.6. The third kappa shape index (κ3) is 3.65. The number of amides is 1. The zero-order chi connectivity index (χ0) is 20.9. The highest BCUT2D eigenvalue weighted by Crippen LogP contribution is 2.61. The first-order valence-corrected chi connectivity index (χ1v) is 11.5. The highest BCUT2D eigenvalue weighted by Gasteiger charge is 2.60. The lowest BCUT2D eigenvalue weighted by Gasteiger charge is -2.58. The molecule has 4 aliphatic rings. The van der Waals surface area contributed by atoms with Gasteiger partial charge < -0.3 is 9.47 Å². The third-order valence-electron chi connectivity index (χ3n) is 6.57. The third-order valence-corrected chi connectivity index (χ3v) is 7.34. The van der Waals surface area contributed by atoms with E-state index in [0.717, 1.165) is 25.3 Å². The predicted octanol–water partition coefficient (Wildman–Crippen LogP) is 3.25. The zero-order valence-corrected chi connectivity index (χ0v) is 17.8. The molecule has 1 aromatic rings. The van der Waals surface area contributed by atoms with Crippen molar-refractivity contribution in [3.63, 3.8) is 0 Å². The minimum absolute atomic E-state index is 0.120. The van der Waals surface area contributed by atoms with Crippen LogP contribution in [0, 0.1) is 29.0 Å². The summed E-state index contributed by atoms with van der Waals surface area (Å²) >= 11 is 6.27. The summed E-state index contributed by atoms with van der Waals surface area (Å²) in [6.45, 7) is 0. The number of carbonyl (C=O) groups excluding carboxylic acids is 2. The van der Waals surface area contributed by atoms with Gasteiger partial charge in [-0.3, -0.25) is 14.3 Å². The standard InChI is InChI=1S/C20H23ClFNO5S/c1-27-19(25)20-7-10-3-11(8-20)17(12(4-10)9-20)28-16-6-15(22)13(5-14(16)21)18(24)23-29(2)26/h5-6,10-12,17H,3-4,7-9H2,1-2H3,(H,23,24). The summed E-state index contributed by atoms with van der Waals surface area (Å²) in [5.41, 5.74) is -0.704. The number of hydrogen-bond donors (Lipinski definition) is 1. The molecule has 1 aromatic carbocycles. The van der Waals surface area contributed by atoms with Crippen LogP contribution in [-0.4, -0.2) is 35.6 Å². The Kier molecular flexibility index (Phi) is 5.36. The second-order valence-corrected chi connectivity index (χ2v) is 9.99. The van der Waals surface area contributed by atoms with Crippen molar-refractivity contribution in [1.82, 2.24) is 4.72 Å². The van der Waals surface area contributed by atoms with Crippen LogP contribution in [0.2, 0.25) is 5.02 Å². The summed E-state index contributed by atoms with van der Waals surface area (Å²) in [7, 11) is -0.178. The number of rotatable bonds is 5. The van der Waals surface area contributed by atoms with Crippen molar-refractivity contribution in [3.05, 3.63) is 28.5 Å². The normalized spacial score (nSPS) is 33.2. The molecular weight excluding hydrogens is 421 g/mol. The molecule has 6 nitrogen and oxygen atoms in total. The van der Waals surface area contributed by atoms with Crippen LogP contribution in [0.5, 0.6) is 5.75 Å². The summed E-state index contributed by atoms with van der Waals surface area (Å²) in [4.78, 5) is 24.4. The van der Waals surface area contributed by atoms with E-state index >= 15 is 0 Å². The van der Waals surface area contributed by atoms with Gasteiger partial charge in [-0.05, 0) is 55.9 Å². The Labute approximate surface area is 176 Å². The Balaban J connectivity index is 1.55. The van der Waals surface area contributed by atoms with Crippen molar-refractivity contribution in [2.24, 2.45) is 23.2 Å². The van der Waals surface area contributed by atoms with Crippen molar-refractivity contribution in [2.45, 2.75) is 38.2 Å². The lowest BCUT2D eigenvalue weighted by Crippen LogP contribution is -2.58. The van der Waals surface area contributed by atoms with E-state index < -0.39 is 28.1 Å². The van der Waals surface area contributed by atoms with Gasteiger partial charge in [0.05, 0.1) is 23.1 Å². The van der Waals surface area contributed by atoms with E-state index in [9.17, 15) is 18.2 Å². The molecule has 3 atom stereocenters. The van der Waals surface area contributed by atoms with Crippen LogP contribution < -0.4 is 9.46 Å². The molecule has 4 saturated carbocycles. The van der Waals surface area contributed by atoms with Crippen LogP contribution in [0.25, 0.3) is 0 Å². The quantitative estimate of drug-likeness (QED) is 0.706. The topological polar surface area (TPSA) is 81.7 Å². The van der Waals surface area contributed by atoms with Crippen LogP contribution in [0.1, 0.15) is 42.5 Å². The largest absolute Gasteiger partial charge is 0.488 e. The molecule has 5 rings (SSSR count). The van der Waals surface area contributed by atoms with Crippen LogP contribution in [0.4, 0.5) is 4.39 Å². The molecule has 4 bridgehead atoms. The van der Waals surface area contributed by atoms with E-state index in [1.165, 1.54) is 19.4 Å². The van der Waals surface area contributed by atoms with Gasteiger partial charge in [0.1, 0.15) is 28.7 Å². The lowest BCUT2D eigenvalue weighted by atomic mass is 9.48. The first-order valence-electron chi connectivity index (χ1n) is 9.61. The van der Waals surface area contributed by atoms with Crippen molar-refractivity contribution >= 4 is 34.5 Å². The molecule has 29 heavy (non-hydrogen) atoms. The fourth-order valence-corrected chi connectivity index (χ4v) is 6.34. The number of hydrogen-bond acceptors (Lipinski definition) is 5. The maximum absolute atomic E-state index is 14.5. The SMILES string of the molecule is COC(=O)C12CC3CC(C1)C(Oc1cc(F)c(C(=O)NS(C)=O)cc1Cl)C(C3)C2. The van der Waals surface area contributed by atoms with Gasteiger partial charge in [0.2, 0.25) is 0 Å². The Morgan fingerprint density at radius 2 is 1.90 bits per heavy atom. The molecule has 0 aliphatic heterocycles. The number of ether oxygens (including phenoxy) is 2. The van der Waals surface area contributed by atoms with Gasteiger partial charge in [0.25, 0.3) is 5.91 Å². The smallest absolute Gasteiger partial charge is 0.311 e. The molecule has 0 spiro atoms. The number of methoxy groups -OCH3 is 1. The average Bonchev–Trinajstić information content (AvgIpc) is 2.65. The van der Waals surface area contributed by atoms with Gasteiger partial charge in [0, 0.05) is 12.3 Å². The minimum Gasteiger partial charge on any atom is -0.488 e. The van der Waals surface area contributed by atoms with E-state index in [-0.39, 0.29) is 40.2 Å². The molecule has 1 N–H and O–H groups in total. The second kappa shape index (κ2) is 7.54. The van der Waals surface area contributed by atoms with Crippen LogP contribution in [0.3, 0.4) is 0 Å². The highest BCUT2D eigenvalue weighted by molar-refractivity contribution is 7.82. The molecule has 0 radical (unpaired) electrons. The first-order chi connectivity index (χ1) is 13.7. The van der Waals surface area contributed by atoms with Crippen LogP contribution in [-0.2, 0) is 20.5 Å². The molecule has 3 unspecified atom stereocenters. The Hall–Kier alpha value is -1.67. The minimum atomic E-state index is -1.61. The summed E-state index contributed by atoms with van der Waals surface area (Å²) in [5.74, 6) is -0.686.